The maximum absolute atomic E-state index is 5.40. The summed E-state index contributed by atoms with van der Waals surface area (Å²) >= 11 is 5.40. The first kappa shape index (κ1) is 13.7. The normalized spacial score (nSPS) is 10.8. The molecule has 0 radical (unpaired) electrons. The van der Waals surface area contributed by atoms with Gasteiger partial charge in [0.2, 0.25) is 5.95 Å². The summed E-state index contributed by atoms with van der Waals surface area (Å²) in [6, 6.07) is 22.2. The fourth-order valence-corrected chi connectivity index (χ4v) is 2.81. The first-order valence-corrected chi connectivity index (χ1v) is 7.71. The summed E-state index contributed by atoms with van der Waals surface area (Å²) in [6.07, 6.45) is 0. The Morgan fingerprint density at radius 1 is 0.870 bits per heavy atom. The number of imidazole rings is 1. The van der Waals surface area contributed by atoms with E-state index < -0.39 is 0 Å². The van der Waals surface area contributed by atoms with Crippen molar-refractivity contribution in [1.29, 1.82) is 0 Å². The Labute approximate surface area is 138 Å². The largest absolute Gasteiger partial charge is 0.332 e. The summed E-state index contributed by atoms with van der Waals surface area (Å²) in [6.45, 7) is 0. The molecular formula is C18H14N4S. The third-order valence-corrected chi connectivity index (χ3v) is 3.86. The summed E-state index contributed by atoms with van der Waals surface area (Å²) in [7, 11) is 0. The van der Waals surface area contributed by atoms with Crippen molar-refractivity contribution in [2.45, 2.75) is 0 Å². The number of nitrogens with one attached hydrogen (secondary N) is 3. The van der Waals surface area contributed by atoms with Gasteiger partial charge in [-0.2, -0.15) is 0 Å². The highest BCUT2D eigenvalue weighted by atomic mass is 32.1. The second kappa shape index (κ2) is 5.70. The summed E-state index contributed by atoms with van der Waals surface area (Å²) < 4.78 is 0. The summed E-state index contributed by atoms with van der Waals surface area (Å²) in [5.74, 6) is 0.629. The van der Waals surface area contributed by atoms with E-state index in [0.29, 0.717) is 11.1 Å². The Bertz CT molecular complexity index is 968. The Morgan fingerprint density at radius 3 is 2.57 bits per heavy atom. The molecule has 0 unspecified atom stereocenters. The standard InChI is InChI=1S/C18H14N4S/c23-18(22-17-19-15-9-3-4-10-16(15)20-17)21-14-11-5-7-12-6-1-2-8-13(12)14/h1-11H,(H3,19,20,21,22,23). The SMILES string of the molecule is S=C(Nc1nc2ccccc2[nH]1)Nc1cccc2ccccc12. The van der Waals surface area contributed by atoms with Gasteiger partial charge in [-0.05, 0) is 35.8 Å². The van der Waals surface area contributed by atoms with Crippen LogP contribution in [0.25, 0.3) is 21.8 Å². The van der Waals surface area contributed by atoms with Crippen LogP contribution in [0.3, 0.4) is 0 Å². The molecule has 5 heteroatoms. The van der Waals surface area contributed by atoms with Crippen molar-refractivity contribution in [2.24, 2.45) is 0 Å². The number of nitrogens with zero attached hydrogens (tertiary/aromatic N) is 1. The molecule has 1 heterocycles. The first-order valence-electron chi connectivity index (χ1n) is 7.30. The number of rotatable bonds is 2. The molecule has 0 fully saturated rings. The molecule has 1 aromatic heterocycles. The minimum atomic E-state index is 0.500. The average molecular weight is 318 g/mol. The molecule has 0 aliphatic heterocycles. The van der Waals surface area contributed by atoms with Gasteiger partial charge in [0.05, 0.1) is 11.0 Å². The molecule has 4 rings (SSSR count). The number of aromatic nitrogens is 2. The zero-order chi connectivity index (χ0) is 15.6. The third-order valence-electron chi connectivity index (χ3n) is 3.66. The third kappa shape index (κ3) is 2.74. The van der Waals surface area contributed by atoms with E-state index in [4.69, 9.17) is 12.2 Å². The number of thiocarbonyl (C=S) groups is 1. The van der Waals surface area contributed by atoms with Crippen molar-refractivity contribution in [3.8, 4) is 0 Å². The molecule has 0 atom stereocenters. The lowest BCUT2D eigenvalue weighted by atomic mass is 10.1. The molecule has 0 bridgehead atoms. The lowest BCUT2D eigenvalue weighted by Gasteiger charge is -2.11. The predicted molar refractivity (Wildman–Crippen MR) is 99.9 cm³/mol. The molecule has 0 amide bonds. The molecule has 0 aliphatic carbocycles. The highest BCUT2D eigenvalue weighted by Crippen LogP contribution is 2.23. The van der Waals surface area contributed by atoms with Crippen LogP contribution in [0.1, 0.15) is 0 Å². The van der Waals surface area contributed by atoms with E-state index in [0.717, 1.165) is 22.1 Å². The van der Waals surface area contributed by atoms with E-state index in [1.165, 1.54) is 5.39 Å². The van der Waals surface area contributed by atoms with Crippen molar-refractivity contribution in [3.05, 3.63) is 66.7 Å². The number of para-hydroxylation sites is 2. The molecule has 4 aromatic rings. The van der Waals surface area contributed by atoms with Gasteiger partial charge in [-0.1, -0.05) is 48.5 Å². The number of hydrogen-bond donors (Lipinski definition) is 3. The number of benzene rings is 3. The number of anilines is 2. The van der Waals surface area contributed by atoms with E-state index >= 15 is 0 Å². The van der Waals surface area contributed by atoms with Gasteiger partial charge in [-0.25, -0.2) is 4.98 Å². The van der Waals surface area contributed by atoms with Crippen LogP contribution in [0.2, 0.25) is 0 Å². The molecule has 23 heavy (non-hydrogen) atoms. The van der Waals surface area contributed by atoms with E-state index in [1.54, 1.807) is 0 Å². The van der Waals surface area contributed by atoms with E-state index in [9.17, 15) is 0 Å². The molecule has 112 valence electrons. The van der Waals surface area contributed by atoms with Crippen LogP contribution in [-0.2, 0) is 0 Å². The smallest absolute Gasteiger partial charge is 0.207 e. The number of hydrogen-bond acceptors (Lipinski definition) is 2. The van der Waals surface area contributed by atoms with Crippen LogP contribution in [0.4, 0.5) is 11.6 Å². The Kier molecular flexibility index (Phi) is 3.40. The number of H-pyrrole nitrogens is 1. The summed E-state index contributed by atoms with van der Waals surface area (Å²) in [5.41, 5.74) is 2.85. The maximum Gasteiger partial charge on any atom is 0.207 e. The number of aromatic amines is 1. The molecule has 0 spiro atoms. The van der Waals surface area contributed by atoms with Crippen LogP contribution >= 0.6 is 12.2 Å². The highest BCUT2D eigenvalue weighted by Gasteiger charge is 2.06. The fourth-order valence-electron chi connectivity index (χ4n) is 2.61. The van der Waals surface area contributed by atoms with Crippen LogP contribution in [-0.4, -0.2) is 15.1 Å². The molecule has 0 saturated carbocycles. The van der Waals surface area contributed by atoms with Crippen molar-refractivity contribution in [3.63, 3.8) is 0 Å². The first-order chi connectivity index (χ1) is 11.3. The molecule has 3 N–H and O–H groups in total. The van der Waals surface area contributed by atoms with Crippen molar-refractivity contribution < 1.29 is 0 Å². The molecule has 4 nitrogen and oxygen atoms in total. The lowest BCUT2D eigenvalue weighted by Crippen LogP contribution is -2.19. The zero-order valence-corrected chi connectivity index (χ0v) is 13.0. The van der Waals surface area contributed by atoms with Crippen LogP contribution in [0, 0.1) is 0 Å². The van der Waals surface area contributed by atoms with Gasteiger partial charge in [-0.15, -0.1) is 0 Å². The van der Waals surface area contributed by atoms with Gasteiger partial charge in [0.1, 0.15) is 0 Å². The minimum Gasteiger partial charge on any atom is -0.332 e. The van der Waals surface area contributed by atoms with Crippen LogP contribution in [0.5, 0.6) is 0 Å². The molecular weight excluding hydrogens is 304 g/mol. The summed E-state index contributed by atoms with van der Waals surface area (Å²) in [4.78, 5) is 7.66. The summed E-state index contributed by atoms with van der Waals surface area (Å²) in [5, 5.41) is 9.14. The van der Waals surface area contributed by atoms with Gasteiger partial charge in [-0.3, -0.25) is 0 Å². The molecule has 0 saturated heterocycles. The molecule has 3 aromatic carbocycles. The van der Waals surface area contributed by atoms with Gasteiger partial charge < -0.3 is 15.6 Å². The van der Waals surface area contributed by atoms with Crippen LogP contribution in [0.15, 0.2) is 66.7 Å². The van der Waals surface area contributed by atoms with Gasteiger partial charge in [0.25, 0.3) is 0 Å². The topological polar surface area (TPSA) is 52.7 Å². The predicted octanol–water partition coefficient (Wildman–Crippen LogP) is 4.53. The number of fused-ring (bicyclic) bond motifs is 2. The Balaban J connectivity index is 1.57. The average Bonchev–Trinajstić information content (AvgIpc) is 2.97. The zero-order valence-electron chi connectivity index (χ0n) is 12.2. The second-order valence-corrected chi connectivity index (χ2v) is 5.62. The molecule has 0 aliphatic rings. The second-order valence-electron chi connectivity index (χ2n) is 5.21. The van der Waals surface area contributed by atoms with E-state index in [2.05, 4.69) is 38.8 Å². The highest BCUT2D eigenvalue weighted by molar-refractivity contribution is 7.80. The quantitative estimate of drug-likeness (QED) is 0.475. The van der Waals surface area contributed by atoms with E-state index in [1.807, 2.05) is 48.5 Å². The Hall–Kier alpha value is -2.92. The fraction of sp³-hybridized carbons (Fsp3) is 0. The van der Waals surface area contributed by atoms with Gasteiger partial charge in [0, 0.05) is 11.1 Å². The van der Waals surface area contributed by atoms with Crippen molar-refractivity contribution in [1.82, 2.24) is 9.97 Å². The van der Waals surface area contributed by atoms with Crippen molar-refractivity contribution >= 4 is 50.8 Å². The van der Waals surface area contributed by atoms with Gasteiger partial charge in [0.15, 0.2) is 5.11 Å². The van der Waals surface area contributed by atoms with Crippen LogP contribution < -0.4 is 10.6 Å². The monoisotopic (exact) mass is 318 g/mol. The minimum absolute atomic E-state index is 0.500. The Morgan fingerprint density at radius 2 is 1.65 bits per heavy atom. The van der Waals surface area contributed by atoms with Crippen molar-refractivity contribution in [2.75, 3.05) is 10.6 Å². The lowest BCUT2D eigenvalue weighted by molar-refractivity contribution is 1.33. The van der Waals surface area contributed by atoms with Gasteiger partial charge >= 0.3 is 0 Å². The van der Waals surface area contributed by atoms with E-state index in [-0.39, 0.29) is 0 Å². The maximum atomic E-state index is 5.40.